The quantitative estimate of drug-likeness (QED) is 0.176. The summed E-state index contributed by atoms with van der Waals surface area (Å²) >= 11 is 0. The molecule has 0 amide bonds. The lowest BCUT2D eigenvalue weighted by molar-refractivity contribution is 0.429. The molecule has 0 aliphatic heterocycles. The van der Waals surface area contributed by atoms with Crippen molar-refractivity contribution < 1.29 is 13.0 Å². The van der Waals surface area contributed by atoms with E-state index in [0.717, 1.165) is 24.0 Å². The number of benzene rings is 1. The number of unbranched alkanes of at least 4 members (excludes halogenated alkanes) is 13. The highest BCUT2D eigenvalue weighted by Crippen LogP contribution is 2.44. The van der Waals surface area contributed by atoms with E-state index in [0.29, 0.717) is 0 Å². The Morgan fingerprint density at radius 2 is 1.26 bits per heavy atom. The second kappa shape index (κ2) is 14.9. The summed E-state index contributed by atoms with van der Waals surface area (Å²) in [4.78, 5) is 0. The van der Waals surface area contributed by atoms with Crippen LogP contribution in [0.2, 0.25) is 0 Å². The van der Waals surface area contributed by atoms with Gasteiger partial charge in [-0.05, 0) is 36.5 Å². The highest BCUT2D eigenvalue weighted by atomic mass is 32.2. The molecule has 0 bridgehead atoms. The first kappa shape index (κ1) is 28.8. The van der Waals surface area contributed by atoms with Crippen LogP contribution in [0.3, 0.4) is 0 Å². The fraction of sp³-hybridized carbons (Fsp3) is 0.667. The summed E-state index contributed by atoms with van der Waals surface area (Å²) in [7, 11) is -4.21. The normalized spacial score (nSPS) is 20.8. The van der Waals surface area contributed by atoms with E-state index in [9.17, 15) is 13.0 Å². The molecule has 1 aliphatic rings. The molecule has 192 valence electrons. The minimum Gasteiger partial charge on any atom is -0.285 e. The van der Waals surface area contributed by atoms with E-state index in [-0.39, 0.29) is 5.92 Å². The van der Waals surface area contributed by atoms with Crippen LogP contribution < -0.4 is 0 Å². The van der Waals surface area contributed by atoms with Gasteiger partial charge in [0.15, 0.2) is 0 Å². The Kier molecular flexibility index (Phi) is 12.6. The summed E-state index contributed by atoms with van der Waals surface area (Å²) in [6.07, 6.45) is 23.4. The van der Waals surface area contributed by atoms with Gasteiger partial charge in [-0.25, -0.2) is 0 Å². The van der Waals surface area contributed by atoms with E-state index in [4.69, 9.17) is 0 Å². The van der Waals surface area contributed by atoms with Gasteiger partial charge >= 0.3 is 0 Å². The van der Waals surface area contributed by atoms with Gasteiger partial charge in [-0.2, -0.15) is 8.42 Å². The van der Waals surface area contributed by atoms with E-state index in [1.807, 2.05) is 43.3 Å². The summed E-state index contributed by atoms with van der Waals surface area (Å²) in [5, 5.41) is 0. The van der Waals surface area contributed by atoms with Crippen LogP contribution in [0.4, 0.5) is 0 Å². The third-order valence-corrected chi connectivity index (χ3v) is 9.30. The maximum absolute atomic E-state index is 12.2. The van der Waals surface area contributed by atoms with Crippen molar-refractivity contribution in [3.05, 3.63) is 53.6 Å². The second-order valence-electron chi connectivity index (χ2n) is 10.4. The third kappa shape index (κ3) is 8.68. The smallest absolute Gasteiger partial charge is 0.274 e. The summed E-state index contributed by atoms with van der Waals surface area (Å²) in [6, 6.07) is 10.0. The lowest BCUT2D eigenvalue weighted by atomic mass is 9.76. The zero-order chi connectivity index (χ0) is 24.9. The first-order valence-electron chi connectivity index (χ1n) is 13.8. The minimum absolute atomic E-state index is 0.309. The molecule has 4 heteroatoms. The van der Waals surface area contributed by atoms with E-state index in [2.05, 4.69) is 6.92 Å². The third-order valence-electron chi connectivity index (χ3n) is 7.69. The fourth-order valence-electron chi connectivity index (χ4n) is 5.16. The molecule has 0 fully saturated rings. The lowest BCUT2D eigenvalue weighted by Gasteiger charge is -2.36. The summed E-state index contributed by atoms with van der Waals surface area (Å²) < 4.78 is 33.0. The van der Waals surface area contributed by atoms with E-state index < -0.39 is 14.9 Å². The first-order chi connectivity index (χ1) is 16.3. The second-order valence-corrected chi connectivity index (χ2v) is 12.2. The van der Waals surface area contributed by atoms with E-state index in [1.54, 1.807) is 13.0 Å². The predicted molar refractivity (Wildman–Crippen MR) is 147 cm³/mol. The van der Waals surface area contributed by atoms with Gasteiger partial charge in [-0.3, -0.25) is 4.55 Å². The molecule has 1 aromatic rings. The lowest BCUT2D eigenvalue weighted by Crippen LogP contribution is -2.41. The SMILES string of the molecule is CCCCCCCCCCCCCCCCC1=C(c2ccccc2)C(C)C(C)(S(=O)(=O)O)C=C1. The molecule has 2 rings (SSSR count). The molecule has 3 nitrogen and oxygen atoms in total. The average Bonchev–Trinajstić information content (AvgIpc) is 2.81. The summed E-state index contributed by atoms with van der Waals surface area (Å²) in [6.45, 7) is 5.81. The van der Waals surface area contributed by atoms with Crippen molar-refractivity contribution in [1.29, 1.82) is 0 Å². The largest absolute Gasteiger partial charge is 0.285 e. The molecule has 2 atom stereocenters. The van der Waals surface area contributed by atoms with Crippen LogP contribution in [0.15, 0.2) is 48.1 Å². The van der Waals surface area contributed by atoms with Gasteiger partial charge in [-0.15, -0.1) is 0 Å². The summed E-state index contributed by atoms with van der Waals surface area (Å²) in [5.41, 5.74) is 3.31. The number of hydrogen-bond donors (Lipinski definition) is 1. The van der Waals surface area contributed by atoms with E-state index >= 15 is 0 Å². The molecule has 0 heterocycles. The monoisotopic (exact) mass is 488 g/mol. The maximum atomic E-state index is 12.2. The molecule has 0 aromatic heterocycles. The van der Waals surface area contributed by atoms with Crippen molar-refractivity contribution in [3.8, 4) is 0 Å². The molecule has 1 aromatic carbocycles. The van der Waals surface area contributed by atoms with Gasteiger partial charge in [0.25, 0.3) is 10.1 Å². The summed E-state index contributed by atoms with van der Waals surface area (Å²) in [5.74, 6) is -0.309. The molecule has 1 aliphatic carbocycles. The molecule has 0 radical (unpaired) electrons. The van der Waals surface area contributed by atoms with Gasteiger partial charge in [0, 0.05) is 5.92 Å². The van der Waals surface area contributed by atoms with Crippen molar-refractivity contribution >= 4 is 15.7 Å². The predicted octanol–water partition coefficient (Wildman–Crippen LogP) is 9.16. The van der Waals surface area contributed by atoms with Crippen molar-refractivity contribution in [2.24, 2.45) is 5.92 Å². The molecule has 0 spiro atoms. The highest BCUT2D eigenvalue weighted by Gasteiger charge is 2.45. The standard InChI is InChI=1S/C30H48O3S/c1-4-5-6-7-8-9-10-11-12-13-14-15-16-18-23-28-24-25-30(3,34(31,32)33)26(2)29(28)27-21-19-17-20-22-27/h17,19-22,24-26H,4-16,18,23H2,1-3H3,(H,31,32,33). The maximum Gasteiger partial charge on any atom is 0.274 e. The fourth-order valence-corrected chi connectivity index (χ4v) is 5.96. The molecule has 34 heavy (non-hydrogen) atoms. The van der Waals surface area contributed by atoms with Gasteiger partial charge in [0.1, 0.15) is 4.75 Å². The highest BCUT2D eigenvalue weighted by molar-refractivity contribution is 7.87. The van der Waals surface area contributed by atoms with Crippen LogP contribution in [0, 0.1) is 5.92 Å². The molecule has 0 saturated heterocycles. The van der Waals surface area contributed by atoms with Crippen LogP contribution in [0.5, 0.6) is 0 Å². The number of hydrogen-bond acceptors (Lipinski definition) is 2. The minimum atomic E-state index is -4.21. The molecular weight excluding hydrogens is 440 g/mol. The average molecular weight is 489 g/mol. The van der Waals surface area contributed by atoms with Crippen LogP contribution >= 0.6 is 0 Å². The van der Waals surface area contributed by atoms with E-state index in [1.165, 1.54) is 89.0 Å². The number of rotatable bonds is 17. The molecule has 0 saturated carbocycles. The van der Waals surface area contributed by atoms with Gasteiger partial charge < -0.3 is 0 Å². The van der Waals surface area contributed by atoms with Crippen LogP contribution in [0.1, 0.15) is 123 Å². The van der Waals surface area contributed by atoms with Crippen LogP contribution in [-0.4, -0.2) is 17.7 Å². The zero-order valence-electron chi connectivity index (χ0n) is 21.9. The molecular formula is C30H48O3S. The Hall–Kier alpha value is -1.39. The van der Waals surface area contributed by atoms with Crippen molar-refractivity contribution in [2.45, 2.75) is 122 Å². The van der Waals surface area contributed by atoms with Crippen molar-refractivity contribution in [1.82, 2.24) is 0 Å². The van der Waals surface area contributed by atoms with Crippen molar-refractivity contribution in [3.63, 3.8) is 0 Å². The Labute approximate surface area is 209 Å². The Morgan fingerprint density at radius 1 is 0.794 bits per heavy atom. The zero-order valence-corrected chi connectivity index (χ0v) is 22.7. The number of allylic oxidation sites excluding steroid dienone is 3. The molecule has 2 unspecified atom stereocenters. The van der Waals surface area contributed by atoms with Crippen LogP contribution in [0.25, 0.3) is 5.57 Å². The Bertz CT molecular complexity index is 870. The first-order valence-corrected chi connectivity index (χ1v) is 15.2. The van der Waals surface area contributed by atoms with Crippen LogP contribution in [-0.2, 0) is 10.1 Å². The molecule has 1 N–H and O–H groups in total. The van der Waals surface area contributed by atoms with Gasteiger partial charge in [0.05, 0.1) is 0 Å². The van der Waals surface area contributed by atoms with Gasteiger partial charge in [0.2, 0.25) is 0 Å². The Balaban J connectivity index is 1.75. The topological polar surface area (TPSA) is 54.4 Å². The van der Waals surface area contributed by atoms with Gasteiger partial charge in [-0.1, -0.05) is 140 Å². The van der Waals surface area contributed by atoms with Crippen molar-refractivity contribution in [2.75, 3.05) is 0 Å². The Morgan fingerprint density at radius 3 is 1.74 bits per heavy atom.